The SMILES string of the molecule is CCCC1CCC(CCC2COC(c3cc(F)c(C(F)(F)Oc4ccc(OC(F)(F)F)cc4)c(F)c3)OC2)CC1. The second kappa shape index (κ2) is 13.0. The van der Waals surface area contributed by atoms with Crippen molar-refractivity contribution in [2.75, 3.05) is 13.2 Å². The van der Waals surface area contributed by atoms with E-state index in [-0.39, 0.29) is 11.5 Å². The molecule has 222 valence electrons. The first kappa shape index (κ1) is 30.4. The molecule has 0 bridgehead atoms. The van der Waals surface area contributed by atoms with Crippen molar-refractivity contribution in [2.45, 2.75) is 77.1 Å². The van der Waals surface area contributed by atoms with E-state index in [9.17, 15) is 30.7 Å². The summed E-state index contributed by atoms with van der Waals surface area (Å²) in [5.74, 6) is -2.78. The van der Waals surface area contributed by atoms with Crippen LogP contribution in [-0.2, 0) is 15.6 Å². The molecule has 40 heavy (non-hydrogen) atoms. The smallest absolute Gasteiger partial charge is 0.429 e. The lowest BCUT2D eigenvalue weighted by molar-refractivity contribution is -0.274. The molecule has 0 atom stereocenters. The summed E-state index contributed by atoms with van der Waals surface area (Å²) in [6.07, 6.45) is -1.00. The number of hydrogen-bond donors (Lipinski definition) is 0. The standard InChI is InChI=1S/C29H33F7O4/c1-2-3-18-4-6-19(7-5-18)8-9-20-16-37-27(38-17-20)21-14-24(30)26(25(31)15-21)28(32,33)39-22-10-12-23(13-11-22)40-29(34,35)36/h10-15,18-20,27H,2-9,16-17H2,1H3. The number of benzene rings is 2. The van der Waals surface area contributed by atoms with E-state index in [1.54, 1.807) is 0 Å². The summed E-state index contributed by atoms with van der Waals surface area (Å²) in [5.41, 5.74) is -1.73. The van der Waals surface area contributed by atoms with Crippen LogP contribution in [0.4, 0.5) is 30.7 Å². The minimum absolute atomic E-state index is 0.0871. The summed E-state index contributed by atoms with van der Waals surface area (Å²) < 4.78 is 115. The quantitative estimate of drug-likeness (QED) is 0.264. The van der Waals surface area contributed by atoms with E-state index >= 15 is 0 Å². The first-order valence-electron chi connectivity index (χ1n) is 13.6. The lowest BCUT2D eigenvalue weighted by atomic mass is 9.77. The van der Waals surface area contributed by atoms with Gasteiger partial charge in [0, 0.05) is 11.5 Å². The normalized spacial score (nSPS) is 24.1. The van der Waals surface area contributed by atoms with Crippen molar-refractivity contribution in [3.63, 3.8) is 0 Å². The number of alkyl halides is 5. The molecule has 0 unspecified atom stereocenters. The number of rotatable bonds is 10. The molecule has 1 saturated heterocycles. The highest BCUT2D eigenvalue weighted by Gasteiger charge is 2.42. The van der Waals surface area contributed by atoms with Crippen molar-refractivity contribution in [1.29, 1.82) is 0 Å². The fourth-order valence-electron chi connectivity index (χ4n) is 5.51. The van der Waals surface area contributed by atoms with Crippen LogP contribution in [-0.4, -0.2) is 19.6 Å². The van der Waals surface area contributed by atoms with Crippen LogP contribution in [0.5, 0.6) is 11.5 Å². The van der Waals surface area contributed by atoms with Gasteiger partial charge in [-0.3, -0.25) is 0 Å². The number of halogens is 7. The largest absolute Gasteiger partial charge is 0.573 e. The van der Waals surface area contributed by atoms with Crippen LogP contribution in [0.15, 0.2) is 36.4 Å². The predicted octanol–water partition coefficient (Wildman–Crippen LogP) is 9.04. The first-order valence-corrected chi connectivity index (χ1v) is 13.6. The molecule has 2 aromatic rings. The Balaban J connectivity index is 1.30. The predicted molar refractivity (Wildman–Crippen MR) is 132 cm³/mol. The van der Waals surface area contributed by atoms with Crippen LogP contribution >= 0.6 is 0 Å². The molecule has 2 aromatic carbocycles. The van der Waals surface area contributed by atoms with Crippen molar-refractivity contribution in [3.8, 4) is 11.5 Å². The zero-order valence-corrected chi connectivity index (χ0v) is 22.1. The van der Waals surface area contributed by atoms with Gasteiger partial charge in [-0.1, -0.05) is 51.9 Å². The molecule has 0 radical (unpaired) electrons. The van der Waals surface area contributed by atoms with E-state index in [1.165, 1.54) is 38.5 Å². The Labute approximate surface area is 228 Å². The third-order valence-electron chi connectivity index (χ3n) is 7.54. The third kappa shape index (κ3) is 8.25. The van der Waals surface area contributed by atoms with Crippen LogP contribution in [0.3, 0.4) is 0 Å². The molecule has 1 aliphatic carbocycles. The molecule has 1 aliphatic heterocycles. The molecule has 2 aliphatic rings. The molecule has 2 fully saturated rings. The summed E-state index contributed by atoms with van der Waals surface area (Å²) >= 11 is 0. The van der Waals surface area contributed by atoms with E-state index in [1.807, 2.05) is 0 Å². The van der Waals surface area contributed by atoms with E-state index in [0.717, 1.165) is 43.0 Å². The van der Waals surface area contributed by atoms with Crippen molar-refractivity contribution in [1.82, 2.24) is 0 Å². The van der Waals surface area contributed by atoms with Crippen LogP contribution in [0.1, 0.15) is 75.7 Å². The van der Waals surface area contributed by atoms with Gasteiger partial charge in [0.05, 0.1) is 13.2 Å². The molecular formula is C29H33F7O4. The summed E-state index contributed by atoms with van der Waals surface area (Å²) in [4.78, 5) is 0. The van der Waals surface area contributed by atoms with Gasteiger partial charge in [0.2, 0.25) is 0 Å². The molecule has 4 rings (SSSR count). The zero-order valence-electron chi connectivity index (χ0n) is 22.1. The van der Waals surface area contributed by atoms with Gasteiger partial charge in [0.25, 0.3) is 0 Å². The maximum atomic E-state index is 14.7. The summed E-state index contributed by atoms with van der Waals surface area (Å²) in [7, 11) is 0. The Morgan fingerprint density at radius 2 is 1.20 bits per heavy atom. The van der Waals surface area contributed by atoms with Crippen molar-refractivity contribution in [3.05, 3.63) is 59.2 Å². The fourth-order valence-corrected chi connectivity index (χ4v) is 5.51. The van der Waals surface area contributed by atoms with E-state index < -0.39 is 47.5 Å². The van der Waals surface area contributed by atoms with Crippen molar-refractivity contribution >= 4 is 0 Å². The monoisotopic (exact) mass is 578 g/mol. The van der Waals surface area contributed by atoms with Gasteiger partial charge in [-0.15, -0.1) is 13.2 Å². The average molecular weight is 579 g/mol. The second-order valence-corrected chi connectivity index (χ2v) is 10.6. The van der Waals surface area contributed by atoms with Crippen molar-refractivity contribution in [2.24, 2.45) is 17.8 Å². The highest BCUT2D eigenvalue weighted by Crippen LogP contribution is 2.39. The van der Waals surface area contributed by atoms with Gasteiger partial charge in [-0.2, -0.15) is 8.78 Å². The number of ether oxygens (including phenoxy) is 4. The minimum Gasteiger partial charge on any atom is -0.429 e. The Morgan fingerprint density at radius 1 is 0.725 bits per heavy atom. The third-order valence-corrected chi connectivity index (χ3v) is 7.54. The topological polar surface area (TPSA) is 36.9 Å². The summed E-state index contributed by atoms with van der Waals surface area (Å²) in [5, 5.41) is 0. The van der Waals surface area contributed by atoms with Crippen molar-refractivity contribution < 1.29 is 49.7 Å². The van der Waals surface area contributed by atoms with Gasteiger partial charge < -0.3 is 18.9 Å². The van der Waals surface area contributed by atoms with Gasteiger partial charge in [-0.05, 0) is 54.7 Å². The highest BCUT2D eigenvalue weighted by molar-refractivity contribution is 5.34. The van der Waals surface area contributed by atoms with Crippen LogP contribution in [0.25, 0.3) is 0 Å². The van der Waals surface area contributed by atoms with Gasteiger partial charge in [0.1, 0.15) is 28.7 Å². The van der Waals surface area contributed by atoms with Crippen LogP contribution in [0, 0.1) is 29.4 Å². The Bertz CT molecular complexity index is 1070. The van der Waals surface area contributed by atoms with E-state index in [4.69, 9.17) is 9.47 Å². The average Bonchev–Trinajstić information content (AvgIpc) is 2.88. The maximum Gasteiger partial charge on any atom is 0.573 e. The highest BCUT2D eigenvalue weighted by atomic mass is 19.4. The van der Waals surface area contributed by atoms with Gasteiger partial charge in [0.15, 0.2) is 6.29 Å². The second-order valence-electron chi connectivity index (χ2n) is 10.6. The first-order chi connectivity index (χ1) is 18.9. The Hall–Kier alpha value is -2.53. The maximum absolute atomic E-state index is 14.7. The van der Waals surface area contributed by atoms with Crippen LogP contribution in [0.2, 0.25) is 0 Å². The molecule has 11 heteroatoms. The molecule has 1 saturated carbocycles. The molecule has 4 nitrogen and oxygen atoms in total. The summed E-state index contributed by atoms with van der Waals surface area (Å²) in [6.45, 7) is 2.87. The molecule has 0 N–H and O–H groups in total. The van der Waals surface area contributed by atoms with Gasteiger partial charge >= 0.3 is 12.5 Å². The van der Waals surface area contributed by atoms with E-state index in [0.29, 0.717) is 31.3 Å². The Kier molecular flexibility index (Phi) is 9.87. The van der Waals surface area contributed by atoms with Gasteiger partial charge in [-0.25, -0.2) is 8.78 Å². The number of hydrogen-bond acceptors (Lipinski definition) is 4. The van der Waals surface area contributed by atoms with Crippen LogP contribution < -0.4 is 9.47 Å². The minimum atomic E-state index is -4.97. The summed E-state index contributed by atoms with van der Waals surface area (Å²) in [6, 6.07) is 4.40. The fraction of sp³-hybridized carbons (Fsp3) is 0.586. The molecule has 0 amide bonds. The van der Waals surface area contributed by atoms with E-state index in [2.05, 4.69) is 16.4 Å². The molecule has 0 aromatic heterocycles. The lowest BCUT2D eigenvalue weighted by Crippen LogP contribution is -2.29. The molecule has 1 heterocycles. The molecule has 0 spiro atoms. The molecular weight excluding hydrogens is 545 g/mol. The lowest BCUT2D eigenvalue weighted by Gasteiger charge is -2.32. The Morgan fingerprint density at radius 3 is 1.70 bits per heavy atom. The zero-order chi connectivity index (χ0) is 28.9.